The maximum atomic E-state index is 11.9. The van der Waals surface area contributed by atoms with Crippen molar-refractivity contribution in [2.45, 2.75) is 90.8 Å². The highest BCUT2D eigenvalue weighted by Gasteiger charge is 2.37. The third-order valence-corrected chi connectivity index (χ3v) is 5.72. The second-order valence-corrected chi connectivity index (χ2v) is 9.10. The molecule has 2 rings (SSSR count). The van der Waals surface area contributed by atoms with Gasteiger partial charge < -0.3 is 19.7 Å². The van der Waals surface area contributed by atoms with Gasteiger partial charge in [0.2, 0.25) is 5.79 Å². The van der Waals surface area contributed by atoms with Gasteiger partial charge in [0.1, 0.15) is 0 Å². The van der Waals surface area contributed by atoms with E-state index < -0.39 is 11.9 Å². The predicted molar refractivity (Wildman–Crippen MR) is 124 cm³/mol. The van der Waals surface area contributed by atoms with Gasteiger partial charge in [-0.2, -0.15) is 0 Å². The minimum Gasteiger partial charge on any atom is -0.392 e. The Balaban J connectivity index is 2.25. The minimum atomic E-state index is -1.10. The summed E-state index contributed by atoms with van der Waals surface area (Å²) in [5, 5.41) is 19.6. The summed E-state index contributed by atoms with van der Waals surface area (Å²) in [5.74, 6) is -0.948. The summed E-state index contributed by atoms with van der Waals surface area (Å²) in [6.07, 6.45) is 10.0. The molecular weight excluding hydrogens is 392 g/mol. The van der Waals surface area contributed by atoms with Crippen LogP contribution in [0.4, 0.5) is 0 Å². The number of hydrogen-bond donors (Lipinski definition) is 2. The first-order valence-corrected chi connectivity index (χ1v) is 11.1. The second-order valence-electron chi connectivity index (χ2n) is 9.10. The van der Waals surface area contributed by atoms with Crippen LogP contribution in [0.5, 0.6) is 0 Å². The molecule has 0 saturated carbocycles. The van der Waals surface area contributed by atoms with Crippen molar-refractivity contribution in [2.24, 2.45) is 0 Å². The number of hydrogen-bond acceptors (Lipinski definition) is 5. The monoisotopic (exact) mass is 430 g/mol. The topological polar surface area (TPSA) is 76.0 Å². The highest BCUT2D eigenvalue weighted by Crippen LogP contribution is 2.35. The zero-order valence-electron chi connectivity index (χ0n) is 19.6. The third-order valence-electron chi connectivity index (χ3n) is 5.72. The van der Waals surface area contributed by atoms with Crippen LogP contribution in [-0.2, 0) is 14.3 Å². The molecule has 0 amide bonds. The van der Waals surface area contributed by atoms with Crippen LogP contribution in [0, 0.1) is 0 Å². The summed E-state index contributed by atoms with van der Waals surface area (Å²) in [7, 11) is 0. The van der Waals surface area contributed by atoms with Crippen LogP contribution in [0.2, 0.25) is 0 Å². The smallest absolute Gasteiger partial charge is 0.209 e. The van der Waals surface area contributed by atoms with E-state index in [1.165, 1.54) is 0 Å². The summed E-state index contributed by atoms with van der Waals surface area (Å²) in [4.78, 5) is 11.9. The molecule has 4 atom stereocenters. The molecule has 0 spiro atoms. The molecule has 0 radical (unpaired) electrons. The number of allylic oxidation sites excluding steroid dienone is 2. The largest absolute Gasteiger partial charge is 0.392 e. The van der Waals surface area contributed by atoms with Crippen molar-refractivity contribution in [1.29, 1.82) is 0 Å². The molecule has 2 aliphatic rings. The Morgan fingerprint density at radius 1 is 1.35 bits per heavy atom. The number of aliphatic hydroxyl groups is 2. The zero-order chi connectivity index (χ0) is 23.2. The van der Waals surface area contributed by atoms with Gasteiger partial charge in [-0.15, -0.1) is 0 Å². The Labute approximate surface area is 186 Å². The van der Waals surface area contributed by atoms with Crippen LogP contribution >= 0.6 is 0 Å². The van der Waals surface area contributed by atoms with Crippen LogP contribution in [0.1, 0.15) is 66.7 Å². The molecule has 0 aromatic rings. The molecule has 5 heteroatoms. The van der Waals surface area contributed by atoms with E-state index in [9.17, 15) is 15.0 Å². The van der Waals surface area contributed by atoms with Crippen molar-refractivity contribution in [3.63, 3.8) is 0 Å². The van der Waals surface area contributed by atoms with E-state index in [1.54, 1.807) is 0 Å². The lowest BCUT2D eigenvalue weighted by Crippen LogP contribution is -2.42. The van der Waals surface area contributed by atoms with E-state index in [4.69, 9.17) is 9.47 Å². The average Bonchev–Trinajstić information content (AvgIpc) is 2.68. The highest BCUT2D eigenvalue weighted by atomic mass is 16.7. The lowest BCUT2D eigenvalue weighted by molar-refractivity contribution is -0.211. The Bertz CT molecular complexity index is 801. The molecule has 1 aliphatic heterocycles. The summed E-state index contributed by atoms with van der Waals surface area (Å²) in [6.45, 7) is 13.3. The molecule has 0 saturated heterocycles. The quantitative estimate of drug-likeness (QED) is 0.518. The fraction of sp³-hybridized carbons (Fsp3) is 0.577. The normalized spacial score (nSPS) is 28.8. The zero-order valence-corrected chi connectivity index (χ0v) is 19.6. The molecule has 172 valence electrons. The number of Topliss-reactive ketones (excluding diaryl/α,β-unsaturated/α-hetero) is 1. The second kappa shape index (κ2) is 11.2. The first kappa shape index (κ1) is 25.5. The summed E-state index contributed by atoms with van der Waals surface area (Å²) in [5.41, 5.74) is 4.51. The van der Waals surface area contributed by atoms with Gasteiger partial charge in [-0.3, -0.25) is 4.79 Å². The molecule has 2 N–H and O–H groups in total. The van der Waals surface area contributed by atoms with Crippen molar-refractivity contribution < 1.29 is 24.5 Å². The predicted octanol–water partition coefficient (Wildman–Crippen LogP) is 4.71. The lowest BCUT2D eigenvalue weighted by Gasteiger charge is -2.39. The van der Waals surface area contributed by atoms with Crippen LogP contribution in [0.3, 0.4) is 0 Å². The number of aliphatic hydroxyl groups excluding tert-OH is 2. The lowest BCUT2D eigenvalue weighted by atomic mass is 9.95. The minimum absolute atomic E-state index is 0.0856. The first-order valence-electron chi connectivity index (χ1n) is 11.1. The number of rotatable bonds is 9. The van der Waals surface area contributed by atoms with Gasteiger partial charge in [-0.05, 0) is 89.7 Å². The van der Waals surface area contributed by atoms with E-state index in [2.05, 4.69) is 19.6 Å². The van der Waals surface area contributed by atoms with Crippen LogP contribution in [0.25, 0.3) is 0 Å². The standard InChI is InChI=1S/C26H38O5/c1-17(2)24(28)9-7-18(3)11-23-12-19(4)14-26(31-23,15-20(5)16-27)30-22-8-10-25(29)21(6)13-22/h11,13-15,22-24,27-28H,1,7-10,12,16H2,2-6H3/b18-11+,20-15+/t22-,23+,24?,26+/m1/s1. The molecule has 5 nitrogen and oxygen atoms in total. The Hall–Kier alpha value is -1.79. The van der Waals surface area contributed by atoms with Crippen LogP contribution in [0.15, 0.2) is 58.7 Å². The van der Waals surface area contributed by atoms with E-state index in [1.807, 2.05) is 45.9 Å². The fourth-order valence-electron chi connectivity index (χ4n) is 3.95. The van der Waals surface area contributed by atoms with Gasteiger partial charge >= 0.3 is 0 Å². The Kier molecular flexibility index (Phi) is 9.19. The maximum Gasteiger partial charge on any atom is 0.209 e. The van der Waals surface area contributed by atoms with E-state index in [0.29, 0.717) is 24.8 Å². The number of carbonyl (C=O) groups excluding carboxylic acids is 1. The fourth-order valence-corrected chi connectivity index (χ4v) is 3.95. The number of carbonyl (C=O) groups is 1. The van der Waals surface area contributed by atoms with Crippen LogP contribution in [-0.4, -0.2) is 46.7 Å². The number of ether oxygens (including phenoxy) is 2. The van der Waals surface area contributed by atoms with Crippen LogP contribution < -0.4 is 0 Å². The summed E-state index contributed by atoms with van der Waals surface area (Å²) in [6, 6.07) is 0. The van der Waals surface area contributed by atoms with Crippen molar-refractivity contribution in [1.82, 2.24) is 0 Å². The molecule has 31 heavy (non-hydrogen) atoms. The van der Waals surface area contributed by atoms with Crippen molar-refractivity contribution in [2.75, 3.05) is 6.61 Å². The van der Waals surface area contributed by atoms with E-state index >= 15 is 0 Å². The van der Waals surface area contributed by atoms with Gasteiger partial charge in [0, 0.05) is 6.42 Å². The first-order chi connectivity index (χ1) is 14.5. The molecule has 0 bridgehead atoms. The third kappa shape index (κ3) is 7.69. The van der Waals surface area contributed by atoms with Crippen molar-refractivity contribution >= 4 is 5.78 Å². The SMILES string of the molecule is C=C(C)C(O)CC/C(C)=C/[C@H]1CC(C)=C[C@](/C=C(\C)CO)(O[C@H]2C=C(C)C(=O)CC2)O1. The van der Waals surface area contributed by atoms with E-state index in [-0.39, 0.29) is 24.6 Å². The molecule has 0 fully saturated rings. The van der Waals surface area contributed by atoms with E-state index in [0.717, 1.165) is 35.1 Å². The van der Waals surface area contributed by atoms with Gasteiger partial charge in [-0.1, -0.05) is 29.4 Å². The van der Waals surface area contributed by atoms with Gasteiger partial charge in [0.05, 0.1) is 24.9 Å². The Morgan fingerprint density at radius 2 is 2.06 bits per heavy atom. The van der Waals surface area contributed by atoms with Gasteiger partial charge in [0.15, 0.2) is 5.78 Å². The highest BCUT2D eigenvalue weighted by molar-refractivity contribution is 5.95. The molecular formula is C26H38O5. The van der Waals surface area contributed by atoms with Gasteiger partial charge in [-0.25, -0.2) is 0 Å². The van der Waals surface area contributed by atoms with Crippen molar-refractivity contribution in [3.8, 4) is 0 Å². The summed E-state index contributed by atoms with van der Waals surface area (Å²) < 4.78 is 12.9. The molecule has 0 aromatic carbocycles. The maximum absolute atomic E-state index is 11.9. The van der Waals surface area contributed by atoms with Gasteiger partial charge in [0.25, 0.3) is 0 Å². The molecule has 1 unspecified atom stereocenters. The number of ketones is 1. The van der Waals surface area contributed by atoms with Crippen molar-refractivity contribution in [3.05, 3.63) is 58.7 Å². The average molecular weight is 431 g/mol. The molecule has 1 aliphatic carbocycles. The summed E-state index contributed by atoms with van der Waals surface area (Å²) >= 11 is 0. The molecule has 1 heterocycles. The molecule has 0 aromatic heterocycles. The Morgan fingerprint density at radius 3 is 2.68 bits per heavy atom.